The molecule has 0 saturated carbocycles. The van der Waals surface area contributed by atoms with E-state index in [0.717, 1.165) is 0 Å². The van der Waals surface area contributed by atoms with Gasteiger partial charge in [0.1, 0.15) is 0 Å². The molecule has 2 atom stereocenters. The van der Waals surface area contributed by atoms with E-state index in [1.807, 2.05) is 0 Å². The zero-order chi connectivity index (χ0) is 13.3. The van der Waals surface area contributed by atoms with E-state index >= 15 is 0 Å². The van der Waals surface area contributed by atoms with Crippen LogP contribution in [0.3, 0.4) is 0 Å². The Balaban J connectivity index is 1.60. The second kappa shape index (κ2) is 5.49. The highest BCUT2D eigenvalue weighted by molar-refractivity contribution is 7.99. The number of aryl methyl sites for hydroxylation is 1. The average Bonchev–Trinajstić information content (AvgIpc) is 2.37. The van der Waals surface area contributed by atoms with Crippen molar-refractivity contribution < 1.29 is 0 Å². The largest absolute Gasteiger partial charge is 0.310 e. The molecule has 1 aromatic carbocycles. The minimum absolute atomic E-state index is 0.507. The molecule has 19 heavy (non-hydrogen) atoms. The number of hydrogen-bond acceptors (Lipinski definition) is 2. The SMILES string of the molecule is CC1(C)CSCC(NC2CCc3ccccc3C2)C1. The van der Waals surface area contributed by atoms with Crippen LogP contribution >= 0.6 is 11.8 Å². The number of thioether (sulfide) groups is 1. The lowest BCUT2D eigenvalue weighted by molar-refractivity contribution is 0.291. The summed E-state index contributed by atoms with van der Waals surface area (Å²) in [7, 11) is 0. The molecule has 1 nitrogen and oxygen atoms in total. The second-order valence-corrected chi connectivity index (χ2v) is 7.99. The van der Waals surface area contributed by atoms with Crippen LogP contribution in [0, 0.1) is 5.41 Å². The summed E-state index contributed by atoms with van der Waals surface area (Å²) in [6.45, 7) is 4.81. The molecule has 1 saturated heterocycles. The Labute approximate surface area is 121 Å². The van der Waals surface area contributed by atoms with Gasteiger partial charge in [-0.25, -0.2) is 0 Å². The lowest BCUT2D eigenvalue weighted by Gasteiger charge is -2.38. The molecule has 1 fully saturated rings. The maximum absolute atomic E-state index is 3.93. The molecule has 1 aliphatic heterocycles. The molecular formula is C17H25NS. The molecular weight excluding hydrogens is 250 g/mol. The van der Waals surface area contributed by atoms with Crippen LogP contribution in [0.4, 0.5) is 0 Å². The topological polar surface area (TPSA) is 12.0 Å². The van der Waals surface area contributed by atoms with E-state index in [0.29, 0.717) is 17.5 Å². The van der Waals surface area contributed by atoms with Crippen LogP contribution in [-0.2, 0) is 12.8 Å². The molecule has 0 bridgehead atoms. The molecule has 3 rings (SSSR count). The smallest absolute Gasteiger partial charge is 0.0166 e. The van der Waals surface area contributed by atoms with Gasteiger partial charge in [0.25, 0.3) is 0 Å². The maximum Gasteiger partial charge on any atom is 0.0166 e. The monoisotopic (exact) mass is 275 g/mol. The molecule has 0 spiro atoms. The van der Waals surface area contributed by atoms with Crippen molar-refractivity contribution in [2.75, 3.05) is 11.5 Å². The van der Waals surface area contributed by atoms with Gasteiger partial charge in [-0.3, -0.25) is 0 Å². The number of fused-ring (bicyclic) bond motifs is 1. The minimum atomic E-state index is 0.507. The van der Waals surface area contributed by atoms with E-state index < -0.39 is 0 Å². The van der Waals surface area contributed by atoms with Gasteiger partial charge in [-0.05, 0) is 48.0 Å². The molecule has 1 aliphatic carbocycles. The van der Waals surface area contributed by atoms with Gasteiger partial charge in [0, 0.05) is 17.8 Å². The van der Waals surface area contributed by atoms with Crippen molar-refractivity contribution in [1.29, 1.82) is 0 Å². The van der Waals surface area contributed by atoms with Crippen LogP contribution in [0.25, 0.3) is 0 Å². The van der Waals surface area contributed by atoms with Crippen LogP contribution in [0.1, 0.15) is 37.8 Å². The van der Waals surface area contributed by atoms with E-state index in [-0.39, 0.29) is 0 Å². The highest BCUT2D eigenvalue weighted by Gasteiger charge is 2.30. The Morgan fingerprint density at radius 3 is 2.74 bits per heavy atom. The summed E-state index contributed by atoms with van der Waals surface area (Å²) in [4.78, 5) is 0. The van der Waals surface area contributed by atoms with E-state index in [1.54, 1.807) is 11.1 Å². The standard InChI is InChI=1S/C17H25NS/c1-17(2)10-16(11-19-12-17)18-15-8-7-13-5-3-4-6-14(13)9-15/h3-6,15-16,18H,7-12H2,1-2H3. The molecule has 0 aromatic heterocycles. The van der Waals surface area contributed by atoms with Crippen molar-refractivity contribution in [2.45, 2.75) is 51.6 Å². The highest BCUT2D eigenvalue weighted by Crippen LogP contribution is 2.34. The van der Waals surface area contributed by atoms with Crippen LogP contribution in [0.2, 0.25) is 0 Å². The van der Waals surface area contributed by atoms with Crippen molar-refractivity contribution in [1.82, 2.24) is 5.32 Å². The van der Waals surface area contributed by atoms with Gasteiger partial charge >= 0.3 is 0 Å². The third-order valence-electron chi connectivity index (χ3n) is 4.43. The zero-order valence-corrected chi connectivity index (χ0v) is 12.9. The minimum Gasteiger partial charge on any atom is -0.310 e. The number of nitrogens with one attached hydrogen (secondary N) is 1. The Morgan fingerprint density at radius 2 is 1.95 bits per heavy atom. The predicted molar refractivity (Wildman–Crippen MR) is 84.9 cm³/mol. The van der Waals surface area contributed by atoms with Crippen LogP contribution < -0.4 is 5.32 Å². The van der Waals surface area contributed by atoms with Crippen molar-refractivity contribution >= 4 is 11.8 Å². The normalized spacial score (nSPS) is 29.8. The maximum atomic E-state index is 3.93. The first-order valence-corrected chi connectivity index (χ1v) is 8.68. The summed E-state index contributed by atoms with van der Waals surface area (Å²) in [5.41, 5.74) is 3.64. The molecule has 2 unspecified atom stereocenters. The molecule has 2 heteroatoms. The zero-order valence-electron chi connectivity index (χ0n) is 12.1. The van der Waals surface area contributed by atoms with Gasteiger partial charge in [0.15, 0.2) is 0 Å². The van der Waals surface area contributed by atoms with Gasteiger partial charge < -0.3 is 5.32 Å². The van der Waals surface area contributed by atoms with Crippen molar-refractivity contribution in [3.8, 4) is 0 Å². The summed E-state index contributed by atoms with van der Waals surface area (Å²) in [5.74, 6) is 2.61. The first-order valence-electron chi connectivity index (χ1n) is 7.53. The third kappa shape index (κ3) is 3.35. The van der Waals surface area contributed by atoms with Crippen LogP contribution in [-0.4, -0.2) is 23.6 Å². The molecule has 0 radical (unpaired) electrons. The number of benzene rings is 1. The van der Waals surface area contributed by atoms with Crippen LogP contribution in [0.5, 0.6) is 0 Å². The van der Waals surface area contributed by atoms with Crippen molar-refractivity contribution in [3.63, 3.8) is 0 Å². The average molecular weight is 275 g/mol. The van der Waals surface area contributed by atoms with Gasteiger partial charge in [0.2, 0.25) is 0 Å². The molecule has 1 N–H and O–H groups in total. The fraction of sp³-hybridized carbons (Fsp3) is 0.647. The van der Waals surface area contributed by atoms with Gasteiger partial charge in [-0.15, -0.1) is 0 Å². The quantitative estimate of drug-likeness (QED) is 0.884. The van der Waals surface area contributed by atoms with E-state index in [1.165, 1.54) is 37.2 Å². The summed E-state index contributed by atoms with van der Waals surface area (Å²) in [5, 5.41) is 3.93. The molecule has 0 amide bonds. The lowest BCUT2D eigenvalue weighted by atomic mass is 9.85. The molecule has 104 valence electrons. The van der Waals surface area contributed by atoms with Crippen molar-refractivity contribution in [2.24, 2.45) is 5.41 Å². The van der Waals surface area contributed by atoms with E-state index in [9.17, 15) is 0 Å². The summed E-state index contributed by atoms with van der Waals surface area (Å²) in [6, 6.07) is 10.4. The van der Waals surface area contributed by atoms with Gasteiger partial charge in [-0.1, -0.05) is 38.1 Å². The Morgan fingerprint density at radius 1 is 1.16 bits per heavy atom. The van der Waals surface area contributed by atoms with E-state index in [2.05, 4.69) is 55.2 Å². The first kappa shape index (κ1) is 13.5. The molecule has 1 aromatic rings. The predicted octanol–water partition coefficient (Wildman–Crippen LogP) is 3.67. The number of rotatable bonds is 2. The fourth-order valence-electron chi connectivity index (χ4n) is 3.54. The lowest BCUT2D eigenvalue weighted by Crippen LogP contribution is -2.47. The Bertz CT molecular complexity index is 441. The molecule has 2 aliphatic rings. The number of hydrogen-bond donors (Lipinski definition) is 1. The van der Waals surface area contributed by atoms with Gasteiger partial charge in [-0.2, -0.15) is 11.8 Å². The van der Waals surface area contributed by atoms with Crippen molar-refractivity contribution in [3.05, 3.63) is 35.4 Å². The highest BCUT2D eigenvalue weighted by atomic mass is 32.2. The Hall–Kier alpha value is -0.470. The fourth-order valence-corrected chi connectivity index (χ4v) is 4.83. The summed E-state index contributed by atoms with van der Waals surface area (Å²) >= 11 is 2.12. The first-order chi connectivity index (χ1) is 9.12. The second-order valence-electron chi connectivity index (χ2n) is 6.96. The summed E-state index contributed by atoms with van der Waals surface area (Å²) < 4.78 is 0. The third-order valence-corrected chi connectivity index (χ3v) is 6.05. The molecule has 1 heterocycles. The Kier molecular flexibility index (Phi) is 3.91. The summed E-state index contributed by atoms with van der Waals surface area (Å²) in [6.07, 6.45) is 5.10. The van der Waals surface area contributed by atoms with E-state index in [4.69, 9.17) is 0 Å². The van der Waals surface area contributed by atoms with Gasteiger partial charge in [0.05, 0.1) is 0 Å². The van der Waals surface area contributed by atoms with Crippen LogP contribution in [0.15, 0.2) is 24.3 Å².